The molecule has 0 spiro atoms. The van der Waals surface area contributed by atoms with Crippen molar-refractivity contribution in [2.24, 2.45) is 4.99 Å². The lowest BCUT2D eigenvalue weighted by Crippen LogP contribution is -2.46. The Morgan fingerprint density at radius 1 is 0.972 bits per heavy atom. The molecule has 1 aliphatic heterocycles. The van der Waals surface area contributed by atoms with Crippen LogP contribution in [0.3, 0.4) is 0 Å². The number of likely N-dealkylation sites (tertiary alicyclic amines) is 1. The van der Waals surface area contributed by atoms with Crippen LogP contribution in [-0.4, -0.2) is 65.3 Å². The Morgan fingerprint density at radius 3 is 2.17 bits per heavy atom. The summed E-state index contributed by atoms with van der Waals surface area (Å²) >= 11 is 6.07. The third-order valence-corrected chi connectivity index (χ3v) is 5.64. The molecule has 1 fully saturated rings. The molecule has 8 nitrogen and oxygen atoms in total. The van der Waals surface area contributed by atoms with E-state index in [4.69, 9.17) is 21.1 Å². The fourth-order valence-corrected chi connectivity index (χ4v) is 3.96. The van der Waals surface area contributed by atoms with Gasteiger partial charge in [0.05, 0.1) is 0 Å². The Balaban J connectivity index is 2.19. The first-order valence-corrected chi connectivity index (χ1v) is 13.2. The van der Waals surface area contributed by atoms with E-state index in [-0.39, 0.29) is 5.96 Å². The van der Waals surface area contributed by atoms with Crippen molar-refractivity contribution in [1.82, 2.24) is 15.1 Å². The first-order chi connectivity index (χ1) is 16.8. The second-order valence-corrected chi connectivity index (χ2v) is 11.6. The zero-order valence-electron chi connectivity index (χ0n) is 22.7. The topological polar surface area (TPSA) is 83.5 Å². The van der Waals surface area contributed by atoms with Gasteiger partial charge in [-0.1, -0.05) is 30.2 Å². The second-order valence-electron chi connectivity index (χ2n) is 11.2. The van der Waals surface area contributed by atoms with Crippen molar-refractivity contribution in [3.63, 3.8) is 0 Å². The van der Waals surface area contributed by atoms with Gasteiger partial charge in [0, 0.05) is 18.1 Å². The Morgan fingerprint density at radius 2 is 1.58 bits per heavy atom. The minimum atomic E-state index is -0.774. The van der Waals surface area contributed by atoms with Crippen LogP contribution in [0.5, 0.6) is 0 Å². The Bertz CT molecular complexity index is 869. The van der Waals surface area contributed by atoms with Crippen molar-refractivity contribution in [3.05, 3.63) is 34.9 Å². The molecule has 1 N–H and O–H groups in total. The summed E-state index contributed by atoms with van der Waals surface area (Å²) < 4.78 is 10.8. The number of hydrogen-bond acceptors (Lipinski definition) is 5. The molecule has 1 aliphatic rings. The van der Waals surface area contributed by atoms with Crippen molar-refractivity contribution >= 4 is 29.7 Å². The van der Waals surface area contributed by atoms with Gasteiger partial charge in [0.1, 0.15) is 11.2 Å². The number of unbranched alkanes of at least 4 members (excludes halogenated alkanes) is 2. The van der Waals surface area contributed by atoms with Crippen LogP contribution in [0.1, 0.15) is 79.2 Å². The quantitative estimate of drug-likeness (QED) is 0.248. The number of guanidine groups is 1. The molecule has 2 amide bonds. The van der Waals surface area contributed by atoms with Crippen LogP contribution in [-0.2, 0) is 16.0 Å². The Labute approximate surface area is 221 Å². The van der Waals surface area contributed by atoms with Gasteiger partial charge in [0.25, 0.3) is 0 Å². The molecule has 0 unspecified atom stereocenters. The molecular formula is C27H43ClN4O4. The molecule has 1 saturated heterocycles. The molecule has 0 bridgehead atoms. The molecule has 0 radical (unpaired) electrons. The number of halogens is 1. The van der Waals surface area contributed by atoms with Gasteiger partial charge >= 0.3 is 12.2 Å². The smallest absolute Gasteiger partial charge is 0.437 e. The summed E-state index contributed by atoms with van der Waals surface area (Å²) in [5.41, 5.74) is -0.439. The van der Waals surface area contributed by atoms with E-state index in [1.807, 2.05) is 29.2 Å². The summed E-state index contributed by atoms with van der Waals surface area (Å²) in [5.74, 6) is 0.105. The number of ether oxygens (including phenoxy) is 2. The van der Waals surface area contributed by atoms with Gasteiger partial charge in [-0.25, -0.2) is 9.59 Å². The van der Waals surface area contributed by atoms with Crippen molar-refractivity contribution in [2.45, 2.75) is 91.4 Å². The van der Waals surface area contributed by atoms with Crippen LogP contribution in [0.2, 0.25) is 5.02 Å². The van der Waals surface area contributed by atoms with E-state index in [2.05, 4.69) is 15.2 Å². The Hall–Kier alpha value is -2.32. The van der Waals surface area contributed by atoms with Gasteiger partial charge in [-0.2, -0.15) is 0 Å². The molecular weight excluding hydrogens is 480 g/mol. The predicted octanol–water partition coefficient (Wildman–Crippen LogP) is 6.22. The molecule has 0 aromatic heterocycles. The molecule has 0 saturated carbocycles. The zero-order chi connectivity index (χ0) is 26.8. The maximum Gasteiger partial charge on any atom is 0.437 e. The average Bonchev–Trinajstić information content (AvgIpc) is 3.24. The molecule has 36 heavy (non-hydrogen) atoms. The van der Waals surface area contributed by atoms with Crippen molar-refractivity contribution in [2.75, 3.05) is 26.2 Å². The fraction of sp³-hybridized carbons (Fsp3) is 0.667. The molecule has 1 heterocycles. The number of carbonyl (C=O) groups is 2. The SMILES string of the molecule is CC(C)(C)OC(=O)/N=C(/NC(=O)OC(C)(C)C)N(CCCCCN1CCCC1)Cc1ccc(Cl)cc1. The second kappa shape index (κ2) is 13.8. The lowest BCUT2D eigenvalue weighted by atomic mass is 10.2. The summed E-state index contributed by atoms with van der Waals surface area (Å²) in [7, 11) is 0. The summed E-state index contributed by atoms with van der Waals surface area (Å²) in [6.45, 7) is 15.2. The van der Waals surface area contributed by atoms with E-state index < -0.39 is 23.4 Å². The lowest BCUT2D eigenvalue weighted by molar-refractivity contribution is 0.0554. The fourth-order valence-electron chi connectivity index (χ4n) is 3.83. The van der Waals surface area contributed by atoms with Crippen LogP contribution in [0.25, 0.3) is 0 Å². The highest BCUT2D eigenvalue weighted by Gasteiger charge is 2.23. The number of hydrogen-bond donors (Lipinski definition) is 1. The van der Waals surface area contributed by atoms with E-state index >= 15 is 0 Å². The standard InChI is InChI=1S/C27H43ClN4O4/c1-26(2,3)35-24(33)29-23(30-25(34)36-27(4,5)6)32(20-21-12-14-22(28)15-13-21)19-9-7-8-16-31-17-10-11-18-31/h12-15H,7-11,16-20H2,1-6H3,(H,29,30,33,34). The van der Waals surface area contributed by atoms with E-state index in [0.29, 0.717) is 18.1 Å². The lowest BCUT2D eigenvalue weighted by Gasteiger charge is -2.28. The van der Waals surface area contributed by atoms with E-state index in [0.717, 1.165) is 31.4 Å². The normalized spacial score (nSPS) is 15.0. The van der Waals surface area contributed by atoms with Gasteiger partial charge in [0.15, 0.2) is 0 Å². The largest absolute Gasteiger partial charge is 0.444 e. The summed E-state index contributed by atoms with van der Waals surface area (Å²) in [6.07, 6.45) is 4.13. The highest BCUT2D eigenvalue weighted by molar-refractivity contribution is 6.30. The highest BCUT2D eigenvalue weighted by Crippen LogP contribution is 2.15. The minimum absolute atomic E-state index is 0.105. The van der Waals surface area contributed by atoms with Crippen LogP contribution in [0.4, 0.5) is 9.59 Å². The zero-order valence-corrected chi connectivity index (χ0v) is 23.5. The highest BCUT2D eigenvalue weighted by atomic mass is 35.5. The van der Waals surface area contributed by atoms with Crippen LogP contribution < -0.4 is 5.32 Å². The maximum absolute atomic E-state index is 12.6. The summed E-state index contributed by atoms with van der Waals surface area (Å²) in [4.78, 5) is 33.8. The van der Waals surface area contributed by atoms with Gasteiger partial charge in [-0.15, -0.1) is 4.99 Å². The molecule has 0 atom stereocenters. The number of nitrogens with one attached hydrogen (secondary N) is 1. The number of nitrogens with zero attached hydrogens (tertiary/aromatic N) is 3. The van der Waals surface area contributed by atoms with E-state index in [9.17, 15) is 9.59 Å². The molecule has 202 valence electrons. The predicted molar refractivity (Wildman–Crippen MR) is 144 cm³/mol. The van der Waals surface area contributed by atoms with Crippen molar-refractivity contribution in [3.8, 4) is 0 Å². The number of amides is 2. The molecule has 2 rings (SSSR count). The van der Waals surface area contributed by atoms with Crippen LogP contribution in [0.15, 0.2) is 29.3 Å². The van der Waals surface area contributed by atoms with Gasteiger partial charge in [0.2, 0.25) is 5.96 Å². The average molecular weight is 523 g/mol. The van der Waals surface area contributed by atoms with Gasteiger partial charge in [-0.3, -0.25) is 5.32 Å². The van der Waals surface area contributed by atoms with E-state index in [1.165, 1.54) is 25.9 Å². The monoisotopic (exact) mass is 522 g/mol. The molecule has 9 heteroatoms. The number of alkyl carbamates (subject to hydrolysis) is 1. The molecule has 1 aromatic rings. The first-order valence-electron chi connectivity index (χ1n) is 12.8. The Kier molecular flexibility index (Phi) is 11.5. The van der Waals surface area contributed by atoms with Crippen LogP contribution in [0, 0.1) is 0 Å². The van der Waals surface area contributed by atoms with Crippen molar-refractivity contribution < 1.29 is 19.1 Å². The molecule has 1 aromatic carbocycles. The van der Waals surface area contributed by atoms with Crippen LogP contribution >= 0.6 is 11.6 Å². The van der Waals surface area contributed by atoms with Crippen molar-refractivity contribution in [1.29, 1.82) is 0 Å². The van der Waals surface area contributed by atoms with E-state index in [1.54, 1.807) is 41.5 Å². The molecule has 0 aliphatic carbocycles. The maximum atomic E-state index is 12.6. The van der Waals surface area contributed by atoms with Gasteiger partial charge < -0.3 is 19.3 Å². The first kappa shape index (κ1) is 29.9. The summed E-state index contributed by atoms with van der Waals surface area (Å²) in [6, 6.07) is 7.47. The number of aliphatic imine (C=N–C) groups is 1. The summed E-state index contributed by atoms with van der Waals surface area (Å²) in [5, 5.41) is 3.33. The number of rotatable bonds is 8. The third kappa shape index (κ3) is 12.6. The number of benzene rings is 1. The van der Waals surface area contributed by atoms with Gasteiger partial charge in [-0.05, 0) is 105 Å². The third-order valence-electron chi connectivity index (χ3n) is 5.39. The number of carbonyl (C=O) groups excluding carboxylic acids is 2. The minimum Gasteiger partial charge on any atom is -0.444 e.